The van der Waals surface area contributed by atoms with E-state index in [1.807, 2.05) is 48.5 Å². The van der Waals surface area contributed by atoms with Crippen molar-refractivity contribution < 1.29 is 9.84 Å². The van der Waals surface area contributed by atoms with Crippen molar-refractivity contribution in [1.29, 1.82) is 0 Å². The normalized spacial score (nSPS) is 15.9. The Bertz CT molecular complexity index is 1160. The van der Waals surface area contributed by atoms with Crippen molar-refractivity contribution in [2.45, 2.75) is 44.6 Å². The number of hydrogen-bond acceptors (Lipinski definition) is 6. The monoisotopic (exact) mass is 433 g/mol. The van der Waals surface area contributed by atoms with Gasteiger partial charge in [0.25, 0.3) is 0 Å². The number of rotatable bonds is 7. The number of benzene rings is 2. The lowest BCUT2D eigenvalue weighted by Crippen LogP contribution is -2.27. The van der Waals surface area contributed by atoms with Gasteiger partial charge in [0.15, 0.2) is 5.13 Å². The third kappa shape index (κ3) is 4.65. The number of fused-ring (bicyclic) bond motifs is 2. The van der Waals surface area contributed by atoms with Crippen LogP contribution in [0.4, 0.5) is 5.13 Å². The van der Waals surface area contributed by atoms with Crippen molar-refractivity contribution in [2.75, 3.05) is 11.9 Å². The Morgan fingerprint density at radius 1 is 1.06 bits per heavy atom. The summed E-state index contributed by atoms with van der Waals surface area (Å²) in [6, 6.07) is 15.9. The molecule has 0 radical (unpaired) electrons. The number of nitrogens with zero attached hydrogens (tertiary/aromatic N) is 2. The fourth-order valence-corrected chi connectivity index (χ4v) is 5.47. The number of aliphatic hydroxyl groups excluding tert-OH is 1. The molecule has 5 rings (SSSR count). The van der Waals surface area contributed by atoms with E-state index < -0.39 is 0 Å². The molecule has 1 aliphatic rings. The maximum Gasteiger partial charge on any atom is 0.184 e. The number of para-hydroxylation sites is 1. The van der Waals surface area contributed by atoms with E-state index in [2.05, 4.69) is 10.3 Å². The minimum absolute atomic E-state index is 0.0579. The van der Waals surface area contributed by atoms with E-state index >= 15 is 0 Å². The topological polar surface area (TPSA) is 67.3 Å². The molecule has 31 heavy (non-hydrogen) atoms. The lowest BCUT2D eigenvalue weighted by molar-refractivity contribution is 0.237. The first-order valence-corrected chi connectivity index (χ1v) is 11.9. The number of aliphatic hydroxyl groups is 1. The number of aromatic nitrogens is 2. The SMILES string of the molecule is OCC(CC1CCCCC1)Nc1nc2ccc(Oc3ccnc4ccccc34)cc2s1. The summed E-state index contributed by atoms with van der Waals surface area (Å²) in [5, 5.41) is 15.2. The molecule has 0 spiro atoms. The largest absolute Gasteiger partial charge is 0.457 e. The molecule has 1 unspecified atom stereocenters. The van der Waals surface area contributed by atoms with Crippen LogP contribution in [0.15, 0.2) is 54.7 Å². The second-order valence-electron chi connectivity index (χ2n) is 8.34. The predicted molar refractivity (Wildman–Crippen MR) is 127 cm³/mol. The molecular formula is C25H27N3O2S. The second kappa shape index (κ2) is 9.20. The maximum absolute atomic E-state index is 9.88. The first-order valence-electron chi connectivity index (χ1n) is 11.1. The minimum atomic E-state index is 0.0579. The van der Waals surface area contributed by atoms with Crippen molar-refractivity contribution >= 4 is 37.6 Å². The highest BCUT2D eigenvalue weighted by Crippen LogP contribution is 2.34. The number of pyridine rings is 1. The molecule has 0 aliphatic heterocycles. The quantitative estimate of drug-likeness (QED) is 0.354. The summed E-state index contributed by atoms with van der Waals surface area (Å²) in [5.41, 5.74) is 1.85. The molecule has 2 aromatic carbocycles. The molecule has 1 saturated carbocycles. The number of nitrogens with one attached hydrogen (secondary N) is 1. The van der Waals surface area contributed by atoms with Crippen molar-refractivity contribution in [3.63, 3.8) is 0 Å². The number of ether oxygens (including phenoxy) is 1. The zero-order chi connectivity index (χ0) is 21.0. The van der Waals surface area contributed by atoms with Gasteiger partial charge < -0.3 is 15.2 Å². The van der Waals surface area contributed by atoms with Crippen molar-refractivity contribution in [3.8, 4) is 11.5 Å². The molecule has 0 amide bonds. The van der Waals surface area contributed by atoms with Gasteiger partial charge in [-0.3, -0.25) is 4.98 Å². The van der Waals surface area contributed by atoms with Crippen molar-refractivity contribution in [1.82, 2.24) is 9.97 Å². The van der Waals surface area contributed by atoms with Gasteiger partial charge in [-0.2, -0.15) is 0 Å². The molecule has 2 N–H and O–H groups in total. The number of thiazole rings is 1. The first kappa shape index (κ1) is 20.2. The smallest absolute Gasteiger partial charge is 0.184 e. The van der Waals surface area contributed by atoms with Crippen LogP contribution in [0.2, 0.25) is 0 Å². The lowest BCUT2D eigenvalue weighted by atomic mass is 9.85. The molecule has 2 heterocycles. The fraction of sp³-hybridized carbons (Fsp3) is 0.360. The summed E-state index contributed by atoms with van der Waals surface area (Å²) in [7, 11) is 0. The molecule has 4 aromatic rings. The standard InChI is InChI=1S/C25H27N3O2S/c29-16-18(14-17-6-2-1-3-7-17)27-25-28-22-11-10-19(15-24(22)31-25)30-23-12-13-26-21-9-5-4-8-20(21)23/h4-5,8-13,15,17-18,29H,1-3,6-7,14,16H2,(H,27,28). The molecule has 2 aromatic heterocycles. The predicted octanol–water partition coefficient (Wildman–Crippen LogP) is 6.38. The Morgan fingerprint density at radius 3 is 2.81 bits per heavy atom. The van der Waals surface area contributed by atoms with E-state index in [4.69, 9.17) is 9.72 Å². The zero-order valence-corrected chi connectivity index (χ0v) is 18.3. The van der Waals surface area contributed by atoms with Crippen LogP contribution in [0.1, 0.15) is 38.5 Å². The van der Waals surface area contributed by atoms with Gasteiger partial charge in [0, 0.05) is 17.6 Å². The van der Waals surface area contributed by atoms with Crippen LogP contribution < -0.4 is 10.1 Å². The van der Waals surface area contributed by atoms with Crippen LogP contribution >= 0.6 is 11.3 Å². The molecule has 0 saturated heterocycles. The molecule has 1 fully saturated rings. The third-order valence-corrected chi connectivity index (χ3v) is 7.04. The van der Waals surface area contributed by atoms with Crippen LogP contribution in [-0.2, 0) is 0 Å². The van der Waals surface area contributed by atoms with Crippen LogP contribution in [0, 0.1) is 5.92 Å². The Labute approximate surface area is 186 Å². The first-order chi connectivity index (χ1) is 15.3. The van der Waals surface area contributed by atoms with E-state index in [0.29, 0.717) is 5.92 Å². The average Bonchev–Trinajstić information content (AvgIpc) is 3.21. The Balaban J connectivity index is 1.32. The molecule has 6 heteroatoms. The highest BCUT2D eigenvalue weighted by atomic mass is 32.1. The number of hydrogen-bond donors (Lipinski definition) is 2. The van der Waals surface area contributed by atoms with Gasteiger partial charge in [0.05, 0.1) is 28.4 Å². The molecule has 0 bridgehead atoms. The Kier molecular flexibility index (Phi) is 6.00. The van der Waals surface area contributed by atoms with Gasteiger partial charge in [-0.05, 0) is 42.7 Å². The van der Waals surface area contributed by atoms with Gasteiger partial charge in [-0.25, -0.2) is 4.98 Å². The van der Waals surface area contributed by atoms with E-state index in [-0.39, 0.29) is 12.6 Å². The Hall–Kier alpha value is -2.70. The zero-order valence-electron chi connectivity index (χ0n) is 17.5. The van der Waals surface area contributed by atoms with Crippen LogP contribution in [0.25, 0.3) is 21.1 Å². The van der Waals surface area contributed by atoms with Crippen molar-refractivity contribution in [2.24, 2.45) is 5.92 Å². The van der Waals surface area contributed by atoms with E-state index in [1.54, 1.807) is 17.5 Å². The summed E-state index contributed by atoms with van der Waals surface area (Å²) < 4.78 is 7.25. The highest BCUT2D eigenvalue weighted by molar-refractivity contribution is 7.22. The van der Waals surface area contributed by atoms with Gasteiger partial charge in [0.1, 0.15) is 11.5 Å². The van der Waals surface area contributed by atoms with Crippen LogP contribution in [-0.4, -0.2) is 27.7 Å². The highest BCUT2D eigenvalue weighted by Gasteiger charge is 2.19. The maximum atomic E-state index is 9.88. The fourth-order valence-electron chi connectivity index (χ4n) is 4.49. The van der Waals surface area contributed by atoms with Crippen LogP contribution in [0.5, 0.6) is 11.5 Å². The van der Waals surface area contributed by atoms with Gasteiger partial charge >= 0.3 is 0 Å². The lowest BCUT2D eigenvalue weighted by Gasteiger charge is -2.25. The molecule has 5 nitrogen and oxygen atoms in total. The molecule has 160 valence electrons. The summed E-state index contributed by atoms with van der Waals surface area (Å²) in [4.78, 5) is 9.12. The minimum Gasteiger partial charge on any atom is -0.457 e. The van der Waals surface area contributed by atoms with Crippen LogP contribution in [0.3, 0.4) is 0 Å². The number of anilines is 1. The van der Waals surface area contributed by atoms with E-state index in [1.165, 1.54) is 32.1 Å². The molecule has 1 aliphatic carbocycles. The summed E-state index contributed by atoms with van der Waals surface area (Å²) in [6.07, 6.45) is 9.33. The van der Waals surface area contributed by atoms with E-state index in [0.717, 1.165) is 44.2 Å². The van der Waals surface area contributed by atoms with Gasteiger partial charge in [-0.15, -0.1) is 0 Å². The van der Waals surface area contributed by atoms with E-state index in [9.17, 15) is 5.11 Å². The Morgan fingerprint density at radius 2 is 1.94 bits per heavy atom. The second-order valence-corrected chi connectivity index (χ2v) is 9.37. The summed E-state index contributed by atoms with van der Waals surface area (Å²) in [5.74, 6) is 2.28. The van der Waals surface area contributed by atoms with Gasteiger partial charge in [0.2, 0.25) is 0 Å². The van der Waals surface area contributed by atoms with Gasteiger partial charge in [-0.1, -0.05) is 55.6 Å². The third-order valence-electron chi connectivity index (χ3n) is 6.09. The molecule has 1 atom stereocenters. The average molecular weight is 434 g/mol. The molecular weight excluding hydrogens is 406 g/mol. The summed E-state index contributed by atoms with van der Waals surface area (Å²) in [6.45, 7) is 0.135. The van der Waals surface area contributed by atoms with Crippen molar-refractivity contribution in [3.05, 3.63) is 54.7 Å². The summed E-state index contributed by atoms with van der Waals surface area (Å²) >= 11 is 1.61.